The average Bonchev–Trinajstić information content (AvgIpc) is 2.80. The molecule has 1 aromatic carbocycles. The smallest absolute Gasteiger partial charge is 0.269 e. The third-order valence-corrected chi connectivity index (χ3v) is 3.89. The number of hydrogen-bond acceptors (Lipinski definition) is 10. The van der Waals surface area contributed by atoms with Gasteiger partial charge in [0, 0.05) is 29.8 Å². The Bertz CT molecular complexity index is 1160. The first-order chi connectivity index (χ1) is 15.2. The number of aromatic hydroxyl groups is 1. The van der Waals surface area contributed by atoms with Crippen molar-refractivity contribution >= 4 is 35.3 Å². The number of phenolic OH excluding ortho intramolecular Hbond substituents is 1. The van der Waals surface area contributed by atoms with Crippen molar-refractivity contribution in [2.24, 2.45) is 0 Å². The number of aromatic nitrogens is 5. The van der Waals surface area contributed by atoms with Crippen molar-refractivity contribution in [3.05, 3.63) is 78.8 Å². The predicted molar refractivity (Wildman–Crippen MR) is 114 cm³/mol. The summed E-state index contributed by atoms with van der Waals surface area (Å²) in [5.41, 5.74) is 6.29. The molecule has 0 spiro atoms. The molecule has 11 nitrogen and oxygen atoms in total. The molecular formula is C20H17N9O2. The highest BCUT2D eigenvalue weighted by atomic mass is 16.3. The van der Waals surface area contributed by atoms with Gasteiger partial charge in [-0.25, -0.2) is 4.98 Å². The Morgan fingerprint density at radius 1 is 0.774 bits per heavy atom. The van der Waals surface area contributed by atoms with Gasteiger partial charge in [-0.1, -0.05) is 6.07 Å². The zero-order valence-corrected chi connectivity index (χ0v) is 16.0. The van der Waals surface area contributed by atoms with Crippen LogP contribution in [0.2, 0.25) is 0 Å². The normalized spacial score (nSPS) is 10.2. The molecular weight excluding hydrogens is 398 g/mol. The summed E-state index contributed by atoms with van der Waals surface area (Å²) in [6.07, 6.45) is 4.67. The number of nitrogens with one attached hydrogen (secondary N) is 4. The SMILES string of the molecule is O=C(NNc1nc(Nc2ccc(O)cc2)nc(Nc2ccccn2)n1)c1ccncc1. The third kappa shape index (κ3) is 5.38. The Morgan fingerprint density at radius 3 is 2.19 bits per heavy atom. The molecule has 31 heavy (non-hydrogen) atoms. The highest BCUT2D eigenvalue weighted by molar-refractivity contribution is 5.94. The third-order valence-electron chi connectivity index (χ3n) is 3.89. The lowest BCUT2D eigenvalue weighted by Gasteiger charge is -2.12. The van der Waals surface area contributed by atoms with E-state index in [2.05, 4.69) is 46.4 Å². The molecule has 3 aromatic heterocycles. The zero-order valence-electron chi connectivity index (χ0n) is 16.0. The molecule has 154 valence electrons. The van der Waals surface area contributed by atoms with Gasteiger partial charge < -0.3 is 15.7 Å². The van der Waals surface area contributed by atoms with Crippen molar-refractivity contribution in [3.63, 3.8) is 0 Å². The lowest BCUT2D eigenvalue weighted by atomic mass is 10.3. The molecule has 0 radical (unpaired) electrons. The number of rotatable bonds is 7. The van der Waals surface area contributed by atoms with Gasteiger partial charge >= 0.3 is 0 Å². The number of anilines is 5. The molecule has 11 heteroatoms. The number of phenols is 1. The Labute approximate surface area is 176 Å². The van der Waals surface area contributed by atoms with Crippen molar-refractivity contribution in [1.82, 2.24) is 30.3 Å². The van der Waals surface area contributed by atoms with Crippen LogP contribution in [0.5, 0.6) is 5.75 Å². The summed E-state index contributed by atoms with van der Waals surface area (Å²) < 4.78 is 0. The van der Waals surface area contributed by atoms with Crippen LogP contribution < -0.4 is 21.5 Å². The molecule has 0 saturated carbocycles. The fourth-order valence-corrected chi connectivity index (χ4v) is 2.46. The van der Waals surface area contributed by atoms with E-state index in [-0.39, 0.29) is 29.5 Å². The molecule has 0 bridgehead atoms. The quantitative estimate of drug-likeness (QED) is 0.225. The summed E-state index contributed by atoms with van der Waals surface area (Å²) in [5.74, 6) is 0.804. The van der Waals surface area contributed by atoms with E-state index in [1.807, 2.05) is 6.07 Å². The molecule has 5 N–H and O–H groups in total. The molecule has 0 saturated heterocycles. The summed E-state index contributed by atoms with van der Waals surface area (Å²) in [6, 6.07) is 14.9. The number of amides is 1. The van der Waals surface area contributed by atoms with E-state index in [1.54, 1.807) is 42.6 Å². The summed E-state index contributed by atoms with van der Waals surface area (Å²) in [4.78, 5) is 33.2. The number of carbonyl (C=O) groups is 1. The van der Waals surface area contributed by atoms with Crippen LogP contribution in [-0.4, -0.2) is 35.9 Å². The van der Waals surface area contributed by atoms with E-state index in [0.717, 1.165) is 0 Å². The van der Waals surface area contributed by atoms with Gasteiger partial charge in [-0.05, 0) is 48.5 Å². The first kappa shape index (κ1) is 19.5. The highest BCUT2D eigenvalue weighted by Crippen LogP contribution is 2.19. The second-order valence-electron chi connectivity index (χ2n) is 6.13. The molecule has 0 aliphatic carbocycles. The number of benzene rings is 1. The summed E-state index contributed by atoms with van der Waals surface area (Å²) in [5, 5.41) is 15.5. The van der Waals surface area contributed by atoms with Crippen LogP contribution >= 0.6 is 0 Å². The van der Waals surface area contributed by atoms with E-state index >= 15 is 0 Å². The van der Waals surface area contributed by atoms with Crippen molar-refractivity contribution in [1.29, 1.82) is 0 Å². The maximum Gasteiger partial charge on any atom is 0.269 e. The fraction of sp³-hybridized carbons (Fsp3) is 0. The van der Waals surface area contributed by atoms with Crippen LogP contribution in [0.1, 0.15) is 10.4 Å². The number of hydrogen-bond donors (Lipinski definition) is 5. The minimum atomic E-state index is -0.380. The number of hydrazine groups is 1. The molecule has 0 fully saturated rings. The van der Waals surface area contributed by atoms with Crippen LogP contribution in [-0.2, 0) is 0 Å². The minimum absolute atomic E-state index is 0.0946. The first-order valence-electron chi connectivity index (χ1n) is 9.12. The maximum absolute atomic E-state index is 12.3. The Hall–Kier alpha value is -4.80. The maximum atomic E-state index is 12.3. The van der Waals surface area contributed by atoms with Crippen LogP contribution in [0.25, 0.3) is 0 Å². The fourth-order valence-electron chi connectivity index (χ4n) is 2.46. The van der Waals surface area contributed by atoms with E-state index < -0.39 is 0 Å². The molecule has 0 atom stereocenters. The van der Waals surface area contributed by atoms with E-state index in [1.165, 1.54) is 24.5 Å². The van der Waals surface area contributed by atoms with Crippen molar-refractivity contribution in [3.8, 4) is 5.75 Å². The minimum Gasteiger partial charge on any atom is -0.508 e. The predicted octanol–water partition coefficient (Wildman–Crippen LogP) is 2.61. The standard InChI is InChI=1S/C20H17N9O2/c30-15-6-4-14(5-7-15)23-18-25-19(24-16-3-1-2-10-22-16)27-20(26-18)29-28-17(31)13-8-11-21-12-9-13/h1-12,30H,(H,28,31)(H3,22,23,24,25,26,27,29). The van der Waals surface area contributed by atoms with Crippen molar-refractivity contribution in [2.75, 3.05) is 16.1 Å². The van der Waals surface area contributed by atoms with Gasteiger partial charge in [-0.15, -0.1) is 0 Å². The summed E-state index contributed by atoms with van der Waals surface area (Å²) in [6.45, 7) is 0. The molecule has 0 unspecified atom stereocenters. The van der Waals surface area contributed by atoms with Gasteiger partial charge in [-0.2, -0.15) is 15.0 Å². The highest BCUT2D eigenvalue weighted by Gasteiger charge is 2.10. The largest absolute Gasteiger partial charge is 0.508 e. The van der Waals surface area contributed by atoms with Crippen molar-refractivity contribution in [2.45, 2.75) is 0 Å². The van der Waals surface area contributed by atoms with E-state index in [9.17, 15) is 9.90 Å². The van der Waals surface area contributed by atoms with Gasteiger partial charge in [0.05, 0.1) is 0 Å². The second kappa shape index (κ2) is 9.13. The summed E-state index contributed by atoms with van der Waals surface area (Å²) >= 11 is 0. The van der Waals surface area contributed by atoms with E-state index in [4.69, 9.17) is 0 Å². The molecule has 4 aromatic rings. The molecule has 0 aliphatic heterocycles. The topological polar surface area (TPSA) is 150 Å². The second-order valence-corrected chi connectivity index (χ2v) is 6.13. The average molecular weight is 415 g/mol. The molecule has 3 heterocycles. The van der Waals surface area contributed by atoms with Gasteiger partial charge in [-0.3, -0.25) is 20.6 Å². The lowest BCUT2D eigenvalue weighted by Crippen LogP contribution is -2.30. The van der Waals surface area contributed by atoms with Crippen molar-refractivity contribution < 1.29 is 9.90 Å². The molecule has 4 rings (SSSR count). The zero-order chi connectivity index (χ0) is 21.5. The number of nitrogens with zero attached hydrogens (tertiary/aromatic N) is 5. The molecule has 1 amide bonds. The Morgan fingerprint density at radius 2 is 1.48 bits per heavy atom. The van der Waals surface area contributed by atoms with Crippen LogP contribution in [0, 0.1) is 0 Å². The lowest BCUT2D eigenvalue weighted by molar-refractivity contribution is 0.0962. The van der Waals surface area contributed by atoms with Gasteiger partial charge in [0.15, 0.2) is 0 Å². The molecule has 0 aliphatic rings. The number of carbonyl (C=O) groups excluding carboxylic acids is 1. The van der Waals surface area contributed by atoms with Crippen LogP contribution in [0.15, 0.2) is 73.2 Å². The first-order valence-corrected chi connectivity index (χ1v) is 9.12. The van der Waals surface area contributed by atoms with Gasteiger partial charge in [0.1, 0.15) is 11.6 Å². The van der Waals surface area contributed by atoms with E-state index in [0.29, 0.717) is 17.1 Å². The Balaban J connectivity index is 1.55. The monoisotopic (exact) mass is 415 g/mol. The van der Waals surface area contributed by atoms with Gasteiger partial charge in [0.25, 0.3) is 5.91 Å². The van der Waals surface area contributed by atoms with Crippen LogP contribution in [0.3, 0.4) is 0 Å². The summed E-state index contributed by atoms with van der Waals surface area (Å²) in [7, 11) is 0. The Kier molecular flexibility index (Phi) is 5.75. The number of pyridine rings is 2. The van der Waals surface area contributed by atoms with Gasteiger partial charge in [0.2, 0.25) is 17.8 Å². The van der Waals surface area contributed by atoms with Crippen LogP contribution in [0.4, 0.5) is 29.4 Å².